The van der Waals surface area contributed by atoms with Gasteiger partial charge in [0.25, 0.3) is 5.56 Å². The van der Waals surface area contributed by atoms with Crippen LogP contribution < -0.4 is 15.2 Å². The third-order valence-electron chi connectivity index (χ3n) is 5.78. The lowest BCUT2D eigenvalue weighted by atomic mass is 10.0. The van der Waals surface area contributed by atoms with Crippen molar-refractivity contribution in [2.75, 3.05) is 25.1 Å². The van der Waals surface area contributed by atoms with Crippen LogP contribution in [0.1, 0.15) is 43.0 Å². The van der Waals surface area contributed by atoms with E-state index in [1.807, 2.05) is 12.1 Å². The van der Waals surface area contributed by atoms with Crippen molar-refractivity contribution in [1.82, 2.24) is 14.9 Å². The first-order chi connectivity index (χ1) is 13.1. The summed E-state index contributed by atoms with van der Waals surface area (Å²) in [5.74, 6) is 1.62. The second-order valence-electron chi connectivity index (χ2n) is 7.66. The lowest BCUT2D eigenvalue weighted by Gasteiger charge is -2.35. The summed E-state index contributed by atoms with van der Waals surface area (Å²) >= 11 is 0. The van der Waals surface area contributed by atoms with E-state index in [1.54, 1.807) is 7.11 Å². The predicted molar refractivity (Wildman–Crippen MR) is 106 cm³/mol. The fourth-order valence-corrected chi connectivity index (χ4v) is 4.15. The number of nitrogens with zero attached hydrogens (tertiary/aromatic N) is 3. The molecule has 1 aromatic heterocycles. The number of methoxy groups -OCH3 is 1. The highest BCUT2D eigenvalue weighted by molar-refractivity contribution is 5.36. The predicted octanol–water partition coefficient (Wildman–Crippen LogP) is 2.72. The maximum Gasteiger partial charge on any atom is 0.255 e. The van der Waals surface area contributed by atoms with Crippen molar-refractivity contribution in [2.45, 2.75) is 51.7 Å². The molecule has 6 heteroatoms. The fourth-order valence-electron chi connectivity index (χ4n) is 4.15. The second-order valence-corrected chi connectivity index (χ2v) is 7.66. The number of hydrogen-bond acceptors (Lipinski definition) is 5. The van der Waals surface area contributed by atoms with E-state index in [0.29, 0.717) is 6.04 Å². The SMILES string of the molecule is COc1ccc(CN2CCc3c(nc(N4CCCCC4C)[nH]c3=O)C2)cc1. The number of piperidine rings is 1. The van der Waals surface area contributed by atoms with E-state index in [4.69, 9.17) is 9.72 Å². The molecular weight excluding hydrogens is 340 g/mol. The Balaban J connectivity index is 1.53. The molecule has 1 N–H and O–H groups in total. The molecule has 0 amide bonds. The molecule has 2 aliphatic heterocycles. The summed E-state index contributed by atoms with van der Waals surface area (Å²) in [6, 6.07) is 8.61. The van der Waals surface area contributed by atoms with Crippen LogP contribution in [0.3, 0.4) is 0 Å². The highest BCUT2D eigenvalue weighted by atomic mass is 16.5. The first-order valence-electron chi connectivity index (χ1n) is 9.88. The fraction of sp³-hybridized carbons (Fsp3) is 0.524. The number of ether oxygens (including phenoxy) is 1. The first kappa shape index (κ1) is 18.0. The number of aromatic nitrogens is 2. The van der Waals surface area contributed by atoms with Gasteiger partial charge in [-0.15, -0.1) is 0 Å². The molecule has 0 radical (unpaired) electrons. The Morgan fingerprint density at radius 3 is 2.78 bits per heavy atom. The molecule has 1 unspecified atom stereocenters. The molecule has 4 rings (SSSR count). The van der Waals surface area contributed by atoms with Gasteiger partial charge in [-0.2, -0.15) is 0 Å². The molecule has 27 heavy (non-hydrogen) atoms. The van der Waals surface area contributed by atoms with Crippen LogP contribution in [0.5, 0.6) is 5.75 Å². The Labute approximate surface area is 160 Å². The van der Waals surface area contributed by atoms with Gasteiger partial charge in [0.1, 0.15) is 5.75 Å². The highest BCUT2D eigenvalue weighted by Crippen LogP contribution is 2.23. The first-order valence-corrected chi connectivity index (χ1v) is 9.88. The molecule has 1 fully saturated rings. The zero-order chi connectivity index (χ0) is 18.8. The number of H-pyrrole nitrogens is 1. The van der Waals surface area contributed by atoms with Crippen molar-refractivity contribution < 1.29 is 4.74 Å². The van der Waals surface area contributed by atoms with Crippen LogP contribution in [0, 0.1) is 0 Å². The number of aromatic amines is 1. The number of benzene rings is 1. The molecule has 2 aliphatic rings. The molecular formula is C21H28N4O2. The van der Waals surface area contributed by atoms with Crippen LogP contribution in [-0.4, -0.2) is 41.1 Å². The Kier molecular flexibility index (Phi) is 5.16. The van der Waals surface area contributed by atoms with E-state index in [0.717, 1.165) is 68.4 Å². The summed E-state index contributed by atoms with van der Waals surface area (Å²) < 4.78 is 5.23. The van der Waals surface area contributed by atoms with E-state index in [2.05, 4.69) is 33.8 Å². The lowest BCUT2D eigenvalue weighted by Crippen LogP contribution is -2.41. The van der Waals surface area contributed by atoms with Crippen LogP contribution in [0.4, 0.5) is 5.95 Å². The van der Waals surface area contributed by atoms with Crippen LogP contribution in [0.2, 0.25) is 0 Å². The van der Waals surface area contributed by atoms with E-state index in [1.165, 1.54) is 12.0 Å². The maximum absolute atomic E-state index is 12.6. The molecule has 1 saturated heterocycles. The topological polar surface area (TPSA) is 61.5 Å². The lowest BCUT2D eigenvalue weighted by molar-refractivity contribution is 0.240. The van der Waals surface area contributed by atoms with E-state index < -0.39 is 0 Å². The van der Waals surface area contributed by atoms with Gasteiger partial charge in [-0.3, -0.25) is 14.7 Å². The van der Waals surface area contributed by atoms with Gasteiger partial charge in [0.05, 0.1) is 12.8 Å². The standard InChI is InChI=1S/C21H28N4O2/c1-15-5-3-4-11-25(15)21-22-19-14-24(12-10-18(19)20(26)23-21)13-16-6-8-17(27-2)9-7-16/h6-9,15H,3-5,10-14H2,1-2H3,(H,22,23,26). The molecule has 3 heterocycles. The van der Waals surface area contributed by atoms with Gasteiger partial charge in [0, 0.05) is 37.8 Å². The number of nitrogens with one attached hydrogen (secondary N) is 1. The Morgan fingerprint density at radius 2 is 2.04 bits per heavy atom. The largest absolute Gasteiger partial charge is 0.497 e. The number of rotatable bonds is 4. The molecule has 6 nitrogen and oxygen atoms in total. The van der Waals surface area contributed by atoms with Gasteiger partial charge in [0.2, 0.25) is 5.95 Å². The van der Waals surface area contributed by atoms with E-state index >= 15 is 0 Å². The summed E-state index contributed by atoms with van der Waals surface area (Å²) in [5.41, 5.74) is 3.08. The summed E-state index contributed by atoms with van der Waals surface area (Å²) in [4.78, 5) is 25.1. The average molecular weight is 368 g/mol. The second kappa shape index (κ2) is 7.72. The molecule has 2 aromatic rings. The third kappa shape index (κ3) is 3.86. The molecule has 1 aromatic carbocycles. The molecule has 0 bridgehead atoms. The van der Waals surface area contributed by atoms with Crippen molar-refractivity contribution >= 4 is 5.95 Å². The summed E-state index contributed by atoms with van der Waals surface area (Å²) in [5, 5.41) is 0. The van der Waals surface area contributed by atoms with Gasteiger partial charge < -0.3 is 9.64 Å². The normalized spacial score (nSPS) is 20.4. The third-order valence-corrected chi connectivity index (χ3v) is 5.78. The van der Waals surface area contributed by atoms with E-state index in [-0.39, 0.29) is 5.56 Å². The van der Waals surface area contributed by atoms with Gasteiger partial charge in [-0.1, -0.05) is 12.1 Å². The van der Waals surface area contributed by atoms with Crippen molar-refractivity contribution in [3.8, 4) is 5.75 Å². The molecule has 0 spiro atoms. The zero-order valence-electron chi connectivity index (χ0n) is 16.2. The van der Waals surface area contributed by atoms with Crippen molar-refractivity contribution in [2.24, 2.45) is 0 Å². The molecule has 1 atom stereocenters. The average Bonchev–Trinajstić information content (AvgIpc) is 2.68. The highest BCUT2D eigenvalue weighted by Gasteiger charge is 2.25. The quantitative estimate of drug-likeness (QED) is 0.899. The maximum atomic E-state index is 12.6. The van der Waals surface area contributed by atoms with Crippen molar-refractivity contribution in [1.29, 1.82) is 0 Å². The van der Waals surface area contributed by atoms with Gasteiger partial charge in [-0.05, 0) is 50.3 Å². The zero-order valence-corrected chi connectivity index (χ0v) is 16.2. The molecule has 0 saturated carbocycles. The van der Waals surface area contributed by atoms with Gasteiger partial charge in [0.15, 0.2) is 0 Å². The minimum absolute atomic E-state index is 0.0388. The minimum atomic E-state index is 0.0388. The van der Waals surface area contributed by atoms with Crippen LogP contribution >= 0.6 is 0 Å². The van der Waals surface area contributed by atoms with Crippen molar-refractivity contribution in [3.05, 3.63) is 51.4 Å². The van der Waals surface area contributed by atoms with Gasteiger partial charge in [-0.25, -0.2) is 4.98 Å². The summed E-state index contributed by atoms with van der Waals surface area (Å²) in [6.07, 6.45) is 4.32. The number of anilines is 1. The van der Waals surface area contributed by atoms with Crippen LogP contribution in [-0.2, 0) is 19.5 Å². The van der Waals surface area contributed by atoms with Crippen molar-refractivity contribution in [3.63, 3.8) is 0 Å². The number of fused-ring (bicyclic) bond motifs is 1. The summed E-state index contributed by atoms with van der Waals surface area (Å²) in [6.45, 7) is 5.64. The van der Waals surface area contributed by atoms with Gasteiger partial charge >= 0.3 is 0 Å². The van der Waals surface area contributed by atoms with Crippen LogP contribution in [0.25, 0.3) is 0 Å². The monoisotopic (exact) mass is 368 g/mol. The van der Waals surface area contributed by atoms with E-state index in [9.17, 15) is 4.79 Å². The Morgan fingerprint density at radius 1 is 1.22 bits per heavy atom. The smallest absolute Gasteiger partial charge is 0.255 e. The summed E-state index contributed by atoms with van der Waals surface area (Å²) in [7, 11) is 1.68. The number of hydrogen-bond donors (Lipinski definition) is 1. The Hall–Kier alpha value is -2.34. The van der Waals surface area contributed by atoms with Crippen LogP contribution in [0.15, 0.2) is 29.1 Å². The minimum Gasteiger partial charge on any atom is -0.497 e. The molecule has 0 aliphatic carbocycles. The molecule has 144 valence electrons. The Bertz CT molecular complexity index is 846.